The minimum atomic E-state index is -0.843. The number of halogens is 1. The van der Waals surface area contributed by atoms with Crippen molar-refractivity contribution in [3.05, 3.63) is 69.0 Å². The van der Waals surface area contributed by atoms with Crippen LogP contribution in [-0.2, 0) is 6.54 Å². The smallest absolute Gasteiger partial charge is 0.305 e. The Bertz CT molecular complexity index is 738. The second kappa shape index (κ2) is 6.01. The monoisotopic (exact) mass is 285 g/mol. The summed E-state index contributed by atoms with van der Waals surface area (Å²) in [5, 5.41) is 22.6. The average Bonchev–Trinajstić information content (AvgIpc) is 2.47. The summed E-state index contributed by atoms with van der Waals surface area (Å²) in [7, 11) is 0. The number of nitro benzene ring substituents is 1. The van der Waals surface area contributed by atoms with Crippen molar-refractivity contribution in [3.8, 4) is 6.07 Å². The van der Waals surface area contributed by atoms with Crippen LogP contribution in [-0.4, -0.2) is 4.92 Å². The highest BCUT2D eigenvalue weighted by Gasteiger charge is 2.16. The van der Waals surface area contributed by atoms with Crippen molar-refractivity contribution in [2.24, 2.45) is 0 Å². The Kier molecular flexibility index (Phi) is 4.14. The first-order valence-electron chi connectivity index (χ1n) is 6.19. The van der Waals surface area contributed by atoms with Crippen molar-refractivity contribution in [1.29, 1.82) is 5.26 Å². The van der Waals surface area contributed by atoms with Crippen LogP contribution in [0.2, 0.25) is 0 Å². The van der Waals surface area contributed by atoms with E-state index in [0.29, 0.717) is 11.3 Å². The largest absolute Gasteiger partial charge is 0.381 e. The first kappa shape index (κ1) is 14.5. The van der Waals surface area contributed by atoms with Gasteiger partial charge in [-0.1, -0.05) is 18.2 Å². The van der Waals surface area contributed by atoms with E-state index < -0.39 is 16.4 Å². The predicted octanol–water partition coefficient (Wildman–Crippen LogP) is 3.53. The highest BCUT2D eigenvalue weighted by molar-refractivity contribution is 5.55. The molecule has 0 aromatic heterocycles. The molecule has 6 heteroatoms. The Morgan fingerprint density at radius 3 is 2.81 bits per heavy atom. The van der Waals surface area contributed by atoms with Gasteiger partial charge in [-0.25, -0.2) is 0 Å². The van der Waals surface area contributed by atoms with Crippen molar-refractivity contribution >= 4 is 11.4 Å². The molecule has 106 valence electrons. The molecule has 0 fully saturated rings. The molecule has 0 spiro atoms. The Morgan fingerprint density at radius 1 is 1.38 bits per heavy atom. The van der Waals surface area contributed by atoms with Gasteiger partial charge in [0, 0.05) is 23.9 Å². The molecule has 0 radical (unpaired) electrons. The number of hydrogen-bond acceptors (Lipinski definition) is 4. The van der Waals surface area contributed by atoms with E-state index in [1.807, 2.05) is 13.0 Å². The summed E-state index contributed by atoms with van der Waals surface area (Å²) in [5.74, 6) is -0.843. The van der Waals surface area contributed by atoms with Crippen LogP contribution >= 0.6 is 0 Å². The fraction of sp³-hybridized carbons (Fsp3) is 0.133. The minimum absolute atomic E-state index is 0.100. The fourth-order valence-corrected chi connectivity index (χ4v) is 1.92. The van der Waals surface area contributed by atoms with Crippen molar-refractivity contribution in [3.63, 3.8) is 0 Å². The molecule has 0 unspecified atom stereocenters. The molecule has 0 saturated heterocycles. The molecule has 0 aliphatic carbocycles. The van der Waals surface area contributed by atoms with Gasteiger partial charge in [0.2, 0.25) is 5.82 Å². The zero-order valence-corrected chi connectivity index (χ0v) is 11.3. The van der Waals surface area contributed by atoms with E-state index in [4.69, 9.17) is 5.26 Å². The summed E-state index contributed by atoms with van der Waals surface area (Å²) in [6, 6.07) is 11.2. The second-order valence-electron chi connectivity index (χ2n) is 4.50. The Balaban J connectivity index is 2.23. The molecule has 1 N–H and O–H groups in total. The zero-order chi connectivity index (χ0) is 15.4. The maximum atomic E-state index is 13.9. The van der Waals surface area contributed by atoms with Crippen LogP contribution in [0.3, 0.4) is 0 Å². The summed E-state index contributed by atoms with van der Waals surface area (Å²) in [6.45, 7) is 1.95. The molecule has 0 saturated carbocycles. The normalized spacial score (nSPS) is 9.95. The summed E-state index contributed by atoms with van der Waals surface area (Å²) in [5.41, 5.74) is 1.74. The van der Waals surface area contributed by atoms with E-state index in [1.165, 1.54) is 12.1 Å². The molecule has 5 nitrogen and oxygen atoms in total. The van der Waals surface area contributed by atoms with Crippen LogP contribution in [0.4, 0.5) is 15.8 Å². The van der Waals surface area contributed by atoms with Gasteiger partial charge in [0.1, 0.15) is 0 Å². The van der Waals surface area contributed by atoms with Gasteiger partial charge in [0.05, 0.1) is 16.6 Å². The highest BCUT2D eigenvalue weighted by atomic mass is 19.1. The molecule has 2 rings (SSSR count). The minimum Gasteiger partial charge on any atom is -0.381 e. The van der Waals surface area contributed by atoms with Crippen molar-refractivity contribution in [2.45, 2.75) is 13.5 Å². The van der Waals surface area contributed by atoms with Gasteiger partial charge in [-0.2, -0.15) is 9.65 Å². The van der Waals surface area contributed by atoms with Gasteiger partial charge in [0.25, 0.3) is 0 Å². The summed E-state index contributed by atoms with van der Waals surface area (Å²) < 4.78 is 13.9. The number of aryl methyl sites for hydroxylation is 1. The summed E-state index contributed by atoms with van der Waals surface area (Å²) >= 11 is 0. The number of nitro groups is 1. The van der Waals surface area contributed by atoms with Gasteiger partial charge in [0.15, 0.2) is 0 Å². The van der Waals surface area contributed by atoms with E-state index in [-0.39, 0.29) is 12.1 Å². The summed E-state index contributed by atoms with van der Waals surface area (Å²) in [6.07, 6.45) is 0. The first-order chi connectivity index (χ1) is 10.0. The topological polar surface area (TPSA) is 79.0 Å². The van der Waals surface area contributed by atoms with E-state index in [1.54, 1.807) is 18.2 Å². The van der Waals surface area contributed by atoms with Gasteiger partial charge >= 0.3 is 5.69 Å². The van der Waals surface area contributed by atoms with Crippen LogP contribution in [0.5, 0.6) is 0 Å². The van der Waals surface area contributed by atoms with E-state index >= 15 is 0 Å². The number of nitrogens with one attached hydrogen (secondary N) is 1. The lowest BCUT2D eigenvalue weighted by Crippen LogP contribution is -2.05. The molecular weight excluding hydrogens is 273 g/mol. The highest BCUT2D eigenvalue weighted by Crippen LogP contribution is 2.22. The average molecular weight is 285 g/mol. The second-order valence-corrected chi connectivity index (χ2v) is 4.50. The van der Waals surface area contributed by atoms with Crippen LogP contribution in [0.15, 0.2) is 36.4 Å². The third kappa shape index (κ3) is 3.15. The lowest BCUT2D eigenvalue weighted by Gasteiger charge is -2.10. The molecule has 2 aromatic rings. The lowest BCUT2D eigenvalue weighted by atomic mass is 10.1. The molecular formula is C15H12FN3O2. The van der Waals surface area contributed by atoms with Gasteiger partial charge in [-0.15, -0.1) is 0 Å². The molecule has 0 atom stereocenters. The van der Waals surface area contributed by atoms with Crippen LogP contribution in [0.25, 0.3) is 0 Å². The number of rotatable bonds is 4. The van der Waals surface area contributed by atoms with E-state index in [0.717, 1.165) is 11.6 Å². The Morgan fingerprint density at radius 2 is 2.14 bits per heavy atom. The van der Waals surface area contributed by atoms with Crippen LogP contribution < -0.4 is 5.32 Å². The standard InChI is InChI=1S/C15H12FN3O2/c1-10-5-6-11(8-17)7-13(10)18-9-12-3-2-4-14(15(12)16)19(20)21/h2-7,18H,9H2,1H3. The van der Waals surface area contributed by atoms with Crippen molar-refractivity contribution < 1.29 is 9.31 Å². The Hall–Kier alpha value is -2.94. The third-order valence-corrected chi connectivity index (χ3v) is 3.09. The quantitative estimate of drug-likeness (QED) is 0.688. The van der Waals surface area contributed by atoms with E-state index in [2.05, 4.69) is 5.32 Å². The molecule has 0 aliphatic heterocycles. The number of nitrogens with zero attached hydrogens (tertiary/aromatic N) is 2. The number of benzene rings is 2. The van der Waals surface area contributed by atoms with E-state index in [9.17, 15) is 14.5 Å². The lowest BCUT2D eigenvalue weighted by molar-refractivity contribution is -0.387. The number of nitriles is 1. The molecule has 0 heterocycles. The van der Waals surface area contributed by atoms with Crippen LogP contribution in [0.1, 0.15) is 16.7 Å². The van der Waals surface area contributed by atoms with Crippen LogP contribution in [0, 0.1) is 34.2 Å². The zero-order valence-electron chi connectivity index (χ0n) is 11.3. The first-order valence-corrected chi connectivity index (χ1v) is 6.19. The Labute approximate surface area is 120 Å². The fourth-order valence-electron chi connectivity index (χ4n) is 1.92. The molecule has 21 heavy (non-hydrogen) atoms. The molecule has 2 aromatic carbocycles. The number of anilines is 1. The van der Waals surface area contributed by atoms with Gasteiger partial charge in [-0.05, 0) is 24.6 Å². The maximum Gasteiger partial charge on any atom is 0.305 e. The molecule has 0 aliphatic rings. The predicted molar refractivity (Wildman–Crippen MR) is 76.3 cm³/mol. The molecule has 0 amide bonds. The molecule has 0 bridgehead atoms. The number of hydrogen-bond donors (Lipinski definition) is 1. The SMILES string of the molecule is Cc1ccc(C#N)cc1NCc1cccc([N+](=O)[O-])c1F. The van der Waals surface area contributed by atoms with Crippen molar-refractivity contribution in [1.82, 2.24) is 0 Å². The van der Waals surface area contributed by atoms with Gasteiger partial charge in [-0.3, -0.25) is 10.1 Å². The third-order valence-electron chi connectivity index (χ3n) is 3.09. The van der Waals surface area contributed by atoms with Gasteiger partial charge < -0.3 is 5.32 Å². The maximum absolute atomic E-state index is 13.9. The summed E-state index contributed by atoms with van der Waals surface area (Å²) in [4.78, 5) is 9.95. The van der Waals surface area contributed by atoms with Crippen molar-refractivity contribution in [2.75, 3.05) is 5.32 Å².